The maximum Gasteiger partial charge on any atom is 0.253 e. The Labute approximate surface area is 186 Å². The van der Waals surface area contributed by atoms with Gasteiger partial charge in [-0.25, -0.2) is 0 Å². The summed E-state index contributed by atoms with van der Waals surface area (Å²) in [4.78, 5) is 12.3. The molecule has 0 aliphatic rings. The number of carbonyl (C=O) groups is 1. The van der Waals surface area contributed by atoms with E-state index in [1.807, 2.05) is 23.7 Å². The van der Waals surface area contributed by atoms with Crippen molar-refractivity contribution in [3.05, 3.63) is 73.4 Å². The number of rotatable bonds is 6. The smallest absolute Gasteiger partial charge is 0.253 e. The molecule has 1 aromatic heterocycles. The molecule has 10 heteroatoms. The lowest BCUT2D eigenvalue weighted by molar-refractivity contribution is 0.0949. The average Bonchev–Trinajstić information content (AvgIpc) is 3.00. The summed E-state index contributed by atoms with van der Waals surface area (Å²) < 4.78 is 1.83. The number of carbonyl (C=O) groups excluding carboxylic acids is 1. The molecule has 0 saturated carbocycles. The second kappa shape index (κ2) is 9.37. The molecular formula is C18H14Cl4N4OS. The number of halogens is 4. The Morgan fingerprint density at radius 2 is 1.82 bits per heavy atom. The molecule has 0 radical (unpaired) electrons. The Kier molecular flexibility index (Phi) is 7.12. The lowest BCUT2D eigenvalue weighted by Crippen LogP contribution is -2.24. The maximum absolute atomic E-state index is 12.3. The number of nitrogens with zero attached hydrogens (tertiary/aromatic N) is 3. The van der Waals surface area contributed by atoms with Crippen LogP contribution in [-0.2, 0) is 19.3 Å². The van der Waals surface area contributed by atoms with Gasteiger partial charge in [0.15, 0.2) is 11.0 Å². The number of hydrogen-bond donors (Lipinski definition) is 1. The van der Waals surface area contributed by atoms with Gasteiger partial charge in [0.2, 0.25) is 0 Å². The SMILES string of the molecule is Cn1c(CNC(=O)c2ccc(Cl)cc2Cl)nnc1SCc1ccc(Cl)c(Cl)c1. The van der Waals surface area contributed by atoms with Crippen LogP contribution in [0.1, 0.15) is 21.7 Å². The highest BCUT2D eigenvalue weighted by Crippen LogP contribution is 2.27. The van der Waals surface area contributed by atoms with Gasteiger partial charge in [-0.1, -0.05) is 64.2 Å². The van der Waals surface area contributed by atoms with E-state index in [4.69, 9.17) is 46.4 Å². The molecule has 0 spiro atoms. The standard InChI is InChI=1S/C18H14Cl4N4OS/c1-26-16(8-23-17(27)12-4-3-11(19)7-14(12)21)24-25-18(26)28-9-10-2-5-13(20)15(22)6-10/h2-7H,8-9H2,1H3,(H,23,27). The maximum atomic E-state index is 12.3. The second-order valence-corrected chi connectivity index (χ2v) is 8.40. The third kappa shape index (κ3) is 5.13. The molecule has 28 heavy (non-hydrogen) atoms. The molecule has 5 nitrogen and oxygen atoms in total. The van der Waals surface area contributed by atoms with Gasteiger partial charge in [0.25, 0.3) is 5.91 Å². The Hall–Kier alpha value is -1.44. The highest BCUT2D eigenvalue weighted by Gasteiger charge is 2.14. The number of nitrogens with one attached hydrogen (secondary N) is 1. The van der Waals surface area contributed by atoms with E-state index in [0.29, 0.717) is 37.2 Å². The largest absolute Gasteiger partial charge is 0.345 e. The first kappa shape index (κ1) is 21.3. The van der Waals surface area contributed by atoms with E-state index < -0.39 is 0 Å². The third-order valence-electron chi connectivity index (χ3n) is 3.86. The molecule has 1 amide bonds. The van der Waals surface area contributed by atoms with E-state index in [-0.39, 0.29) is 12.5 Å². The topological polar surface area (TPSA) is 59.8 Å². The van der Waals surface area contributed by atoms with Crippen molar-refractivity contribution < 1.29 is 4.79 Å². The first-order valence-electron chi connectivity index (χ1n) is 8.03. The van der Waals surface area contributed by atoms with Crippen molar-refractivity contribution in [2.75, 3.05) is 0 Å². The normalized spacial score (nSPS) is 10.9. The monoisotopic (exact) mass is 474 g/mol. The van der Waals surface area contributed by atoms with E-state index >= 15 is 0 Å². The van der Waals surface area contributed by atoms with Crippen LogP contribution in [-0.4, -0.2) is 20.7 Å². The van der Waals surface area contributed by atoms with Gasteiger partial charge in [-0.05, 0) is 35.9 Å². The molecule has 1 N–H and O–H groups in total. The van der Waals surface area contributed by atoms with Crippen molar-refractivity contribution in [1.29, 1.82) is 0 Å². The van der Waals surface area contributed by atoms with Gasteiger partial charge in [0, 0.05) is 17.8 Å². The summed E-state index contributed by atoms with van der Waals surface area (Å²) in [6.45, 7) is 0.217. The van der Waals surface area contributed by atoms with E-state index in [2.05, 4.69) is 15.5 Å². The van der Waals surface area contributed by atoms with Crippen molar-refractivity contribution >= 4 is 64.1 Å². The zero-order valence-electron chi connectivity index (χ0n) is 14.5. The molecule has 0 fully saturated rings. The predicted octanol–water partition coefficient (Wildman–Crippen LogP) is 5.65. The zero-order valence-corrected chi connectivity index (χ0v) is 18.4. The fourth-order valence-electron chi connectivity index (χ4n) is 2.33. The van der Waals surface area contributed by atoms with Crippen LogP contribution in [0.2, 0.25) is 20.1 Å². The Morgan fingerprint density at radius 1 is 1.04 bits per heavy atom. The molecular weight excluding hydrogens is 462 g/mol. The van der Waals surface area contributed by atoms with Gasteiger partial charge in [0.1, 0.15) is 0 Å². The number of thioether (sulfide) groups is 1. The van der Waals surface area contributed by atoms with E-state index in [1.165, 1.54) is 17.8 Å². The molecule has 0 bridgehead atoms. The molecule has 0 unspecified atom stereocenters. The lowest BCUT2D eigenvalue weighted by Gasteiger charge is -2.08. The highest BCUT2D eigenvalue weighted by molar-refractivity contribution is 7.98. The first-order chi connectivity index (χ1) is 13.3. The summed E-state index contributed by atoms with van der Waals surface area (Å²) in [6, 6.07) is 10.2. The van der Waals surface area contributed by atoms with Crippen molar-refractivity contribution in [3.63, 3.8) is 0 Å². The van der Waals surface area contributed by atoms with Crippen LogP contribution < -0.4 is 5.32 Å². The molecule has 0 aliphatic carbocycles. The highest BCUT2D eigenvalue weighted by atomic mass is 35.5. The molecule has 2 aromatic carbocycles. The minimum Gasteiger partial charge on any atom is -0.345 e. The van der Waals surface area contributed by atoms with Gasteiger partial charge < -0.3 is 9.88 Å². The Bertz CT molecular complexity index is 1020. The van der Waals surface area contributed by atoms with Crippen LogP contribution in [0.5, 0.6) is 0 Å². The van der Waals surface area contributed by atoms with Crippen molar-refractivity contribution in [2.24, 2.45) is 7.05 Å². The first-order valence-corrected chi connectivity index (χ1v) is 10.5. The Balaban J connectivity index is 1.61. The Morgan fingerprint density at radius 3 is 2.54 bits per heavy atom. The van der Waals surface area contributed by atoms with Crippen LogP contribution in [0.25, 0.3) is 0 Å². The molecule has 1 heterocycles. The minimum atomic E-state index is -0.310. The summed E-state index contributed by atoms with van der Waals surface area (Å²) in [6.07, 6.45) is 0. The molecule has 146 valence electrons. The van der Waals surface area contributed by atoms with E-state index in [0.717, 1.165) is 10.7 Å². The van der Waals surface area contributed by atoms with E-state index in [9.17, 15) is 4.79 Å². The number of aromatic nitrogens is 3. The average molecular weight is 476 g/mol. The van der Waals surface area contributed by atoms with Crippen molar-refractivity contribution in [1.82, 2.24) is 20.1 Å². The molecule has 0 saturated heterocycles. The van der Waals surface area contributed by atoms with Crippen LogP contribution >= 0.6 is 58.2 Å². The quantitative estimate of drug-likeness (QED) is 0.468. The molecule has 0 atom stereocenters. The zero-order chi connectivity index (χ0) is 20.3. The van der Waals surface area contributed by atoms with Crippen LogP contribution in [0.4, 0.5) is 0 Å². The predicted molar refractivity (Wildman–Crippen MR) is 115 cm³/mol. The fourth-order valence-corrected chi connectivity index (χ4v) is 4.02. The molecule has 0 aliphatic heterocycles. The summed E-state index contributed by atoms with van der Waals surface area (Å²) in [7, 11) is 1.84. The summed E-state index contributed by atoms with van der Waals surface area (Å²) in [5.41, 5.74) is 1.37. The lowest BCUT2D eigenvalue weighted by atomic mass is 10.2. The number of hydrogen-bond acceptors (Lipinski definition) is 4. The van der Waals surface area contributed by atoms with E-state index in [1.54, 1.807) is 18.2 Å². The van der Waals surface area contributed by atoms with Gasteiger partial charge in [-0.3, -0.25) is 4.79 Å². The summed E-state index contributed by atoms with van der Waals surface area (Å²) >= 11 is 25.4. The van der Waals surface area contributed by atoms with Crippen LogP contribution in [0.3, 0.4) is 0 Å². The summed E-state index contributed by atoms with van der Waals surface area (Å²) in [5, 5.41) is 13.6. The van der Waals surface area contributed by atoms with Gasteiger partial charge in [-0.2, -0.15) is 0 Å². The third-order valence-corrected chi connectivity index (χ3v) is 6.24. The molecule has 3 rings (SSSR count). The summed E-state index contributed by atoms with van der Waals surface area (Å²) in [5.74, 6) is 0.972. The van der Waals surface area contributed by atoms with Gasteiger partial charge in [0.05, 0.1) is 27.2 Å². The number of benzene rings is 2. The second-order valence-electron chi connectivity index (χ2n) is 5.80. The molecule has 3 aromatic rings. The van der Waals surface area contributed by atoms with Crippen molar-refractivity contribution in [3.8, 4) is 0 Å². The fraction of sp³-hybridized carbons (Fsp3) is 0.167. The number of amides is 1. The van der Waals surface area contributed by atoms with Gasteiger partial charge in [-0.15, -0.1) is 10.2 Å². The van der Waals surface area contributed by atoms with Gasteiger partial charge >= 0.3 is 0 Å². The van der Waals surface area contributed by atoms with Crippen LogP contribution in [0.15, 0.2) is 41.6 Å². The van der Waals surface area contributed by atoms with Crippen molar-refractivity contribution in [2.45, 2.75) is 17.5 Å². The van der Waals surface area contributed by atoms with Crippen LogP contribution in [0, 0.1) is 0 Å². The minimum absolute atomic E-state index is 0.217.